The average molecular weight is 229 g/mol. The zero-order valence-corrected chi connectivity index (χ0v) is 8.51. The van der Waals surface area contributed by atoms with Crippen LogP contribution in [0, 0.1) is 0 Å². The molecular weight excluding hydrogens is 220 g/mol. The van der Waals surface area contributed by atoms with E-state index in [0.29, 0.717) is 10.4 Å². The van der Waals surface area contributed by atoms with Crippen molar-refractivity contribution in [3.05, 3.63) is 34.2 Å². The topological polar surface area (TPSA) is 30.2 Å². The van der Waals surface area contributed by atoms with E-state index in [-0.39, 0.29) is 5.78 Å². The van der Waals surface area contributed by atoms with Gasteiger partial charge in [-0.3, -0.25) is 4.79 Å². The van der Waals surface area contributed by atoms with Crippen LogP contribution in [0.4, 0.5) is 0 Å². The van der Waals surface area contributed by atoms with Crippen molar-refractivity contribution in [2.75, 3.05) is 0 Å². The number of hydrogen-bond donors (Lipinski definition) is 0. The monoisotopic (exact) mass is 228 g/mol. The van der Waals surface area contributed by atoms with E-state index < -0.39 is 0 Å². The molecule has 0 N–H and O–H groups in total. The normalized spacial score (nSPS) is 9.58. The summed E-state index contributed by atoms with van der Waals surface area (Å²) in [6.45, 7) is 3.74. The van der Waals surface area contributed by atoms with E-state index in [0.717, 1.165) is 5.57 Å². The Kier molecular flexibility index (Phi) is 2.87. The van der Waals surface area contributed by atoms with Gasteiger partial charge in [0.25, 0.3) is 0 Å². The Hall–Kier alpha value is -0.830. The van der Waals surface area contributed by atoms with Crippen LogP contribution in [0.5, 0.6) is 0 Å². The Morgan fingerprint density at radius 2 is 2.17 bits per heavy atom. The molecule has 0 fully saturated rings. The number of halogens is 1. The number of carbonyl (C=O) groups excluding carboxylic acids is 1. The fourth-order valence-corrected chi connectivity index (χ4v) is 1.09. The Labute approximate surface area is 79.4 Å². The summed E-state index contributed by atoms with van der Waals surface area (Å²) in [7, 11) is 0. The molecular formula is C9H9BrO2. The summed E-state index contributed by atoms with van der Waals surface area (Å²) in [5.74, 6) is 0.267. The predicted molar refractivity (Wildman–Crippen MR) is 50.2 cm³/mol. The van der Waals surface area contributed by atoms with Gasteiger partial charge >= 0.3 is 0 Å². The zero-order chi connectivity index (χ0) is 9.14. The molecule has 0 amide bonds. The third-order valence-corrected chi connectivity index (χ3v) is 1.66. The van der Waals surface area contributed by atoms with Crippen molar-refractivity contribution in [1.82, 2.24) is 0 Å². The van der Waals surface area contributed by atoms with Crippen molar-refractivity contribution in [1.29, 1.82) is 0 Å². The molecule has 1 rings (SSSR count). The van der Waals surface area contributed by atoms with Crippen LogP contribution >= 0.6 is 15.9 Å². The van der Waals surface area contributed by atoms with Gasteiger partial charge in [-0.2, -0.15) is 0 Å². The molecule has 0 aliphatic heterocycles. The fourth-order valence-electron chi connectivity index (χ4n) is 0.780. The number of furan rings is 1. The molecule has 1 aromatic heterocycles. The predicted octanol–water partition coefficient (Wildman–Crippen LogP) is 3.19. The molecule has 12 heavy (non-hydrogen) atoms. The van der Waals surface area contributed by atoms with E-state index in [9.17, 15) is 4.79 Å². The number of hydrogen-bond acceptors (Lipinski definition) is 2. The Balaban J connectivity index is 2.86. The van der Waals surface area contributed by atoms with Gasteiger partial charge in [0.15, 0.2) is 10.4 Å². The van der Waals surface area contributed by atoms with E-state index in [1.807, 2.05) is 13.8 Å². The van der Waals surface area contributed by atoms with Gasteiger partial charge in [-0.15, -0.1) is 0 Å². The molecule has 64 valence electrons. The standard InChI is InChI=1S/C9H9BrO2/c1-6(2)5-7(11)8-3-4-9(10)12-8/h3-5H,1-2H3. The molecule has 3 heteroatoms. The SMILES string of the molecule is CC(C)=CC(=O)c1ccc(Br)o1. The smallest absolute Gasteiger partial charge is 0.220 e. The van der Waals surface area contributed by atoms with E-state index in [2.05, 4.69) is 15.9 Å². The molecule has 1 heterocycles. The third-order valence-electron chi connectivity index (χ3n) is 1.24. The van der Waals surface area contributed by atoms with Gasteiger partial charge in [0, 0.05) is 0 Å². The maximum absolute atomic E-state index is 11.3. The first-order valence-electron chi connectivity index (χ1n) is 3.54. The van der Waals surface area contributed by atoms with Crippen molar-refractivity contribution < 1.29 is 9.21 Å². The summed E-state index contributed by atoms with van der Waals surface area (Å²) in [6.07, 6.45) is 1.55. The lowest BCUT2D eigenvalue weighted by atomic mass is 10.2. The molecule has 0 atom stereocenters. The molecule has 0 unspecified atom stereocenters. The van der Waals surface area contributed by atoms with Crippen molar-refractivity contribution in [3.8, 4) is 0 Å². The molecule has 0 aliphatic rings. The van der Waals surface area contributed by atoms with Crippen LogP contribution in [0.1, 0.15) is 24.4 Å². The van der Waals surface area contributed by atoms with Crippen LogP contribution < -0.4 is 0 Å². The quantitative estimate of drug-likeness (QED) is 0.575. The Morgan fingerprint density at radius 3 is 2.58 bits per heavy atom. The van der Waals surface area contributed by atoms with Gasteiger partial charge in [-0.05, 0) is 48.0 Å². The molecule has 0 spiro atoms. The molecule has 0 radical (unpaired) electrons. The van der Waals surface area contributed by atoms with E-state index in [1.165, 1.54) is 0 Å². The molecule has 0 aromatic carbocycles. The highest BCUT2D eigenvalue weighted by atomic mass is 79.9. The second-order valence-corrected chi connectivity index (χ2v) is 3.47. The minimum Gasteiger partial charge on any atom is -0.446 e. The maximum atomic E-state index is 11.3. The summed E-state index contributed by atoms with van der Waals surface area (Å²) in [5.41, 5.74) is 0.965. The van der Waals surface area contributed by atoms with Gasteiger partial charge in [-0.25, -0.2) is 0 Å². The number of ketones is 1. The van der Waals surface area contributed by atoms with Crippen LogP contribution in [-0.2, 0) is 0 Å². The van der Waals surface area contributed by atoms with Crippen LogP contribution in [-0.4, -0.2) is 5.78 Å². The lowest BCUT2D eigenvalue weighted by Gasteiger charge is -1.89. The summed E-state index contributed by atoms with van der Waals surface area (Å²) in [4.78, 5) is 11.3. The first-order valence-corrected chi connectivity index (χ1v) is 4.33. The highest BCUT2D eigenvalue weighted by molar-refractivity contribution is 9.10. The summed E-state index contributed by atoms with van der Waals surface area (Å²) < 4.78 is 5.65. The largest absolute Gasteiger partial charge is 0.446 e. The van der Waals surface area contributed by atoms with E-state index in [1.54, 1.807) is 18.2 Å². The van der Waals surface area contributed by atoms with E-state index in [4.69, 9.17) is 4.42 Å². The second kappa shape index (κ2) is 3.72. The summed E-state index contributed by atoms with van der Waals surface area (Å²) >= 11 is 3.13. The van der Waals surface area contributed by atoms with Gasteiger partial charge in [-0.1, -0.05) is 5.57 Å². The van der Waals surface area contributed by atoms with Crippen LogP contribution in [0.15, 0.2) is 32.9 Å². The Bertz CT molecular complexity index is 319. The molecule has 1 aromatic rings. The second-order valence-electron chi connectivity index (χ2n) is 2.69. The highest BCUT2D eigenvalue weighted by Crippen LogP contribution is 2.15. The summed E-state index contributed by atoms with van der Waals surface area (Å²) in [6, 6.07) is 3.35. The molecule has 0 aliphatic carbocycles. The summed E-state index contributed by atoms with van der Waals surface area (Å²) in [5, 5.41) is 0. The lowest BCUT2D eigenvalue weighted by Crippen LogP contribution is -1.91. The molecule has 0 saturated carbocycles. The number of carbonyl (C=O) groups is 1. The lowest BCUT2D eigenvalue weighted by molar-refractivity contribution is 0.102. The van der Waals surface area contributed by atoms with Gasteiger partial charge in [0.05, 0.1) is 0 Å². The first kappa shape index (κ1) is 9.26. The van der Waals surface area contributed by atoms with Crippen molar-refractivity contribution in [2.24, 2.45) is 0 Å². The van der Waals surface area contributed by atoms with Gasteiger partial charge < -0.3 is 4.42 Å². The molecule has 0 saturated heterocycles. The first-order chi connectivity index (χ1) is 5.59. The zero-order valence-electron chi connectivity index (χ0n) is 6.93. The van der Waals surface area contributed by atoms with Crippen molar-refractivity contribution in [3.63, 3.8) is 0 Å². The molecule has 0 bridgehead atoms. The van der Waals surface area contributed by atoms with Crippen molar-refractivity contribution in [2.45, 2.75) is 13.8 Å². The minimum absolute atomic E-state index is 0.0966. The van der Waals surface area contributed by atoms with Gasteiger partial charge in [0.1, 0.15) is 0 Å². The van der Waals surface area contributed by atoms with E-state index >= 15 is 0 Å². The number of allylic oxidation sites excluding steroid dienone is 2. The van der Waals surface area contributed by atoms with Gasteiger partial charge in [0.2, 0.25) is 5.78 Å². The molecule has 2 nitrogen and oxygen atoms in total. The fraction of sp³-hybridized carbons (Fsp3) is 0.222. The number of rotatable bonds is 2. The van der Waals surface area contributed by atoms with Crippen LogP contribution in [0.25, 0.3) is 0 Å². The Morgan fingerprint density at radius 1 is 1.50 bits per heavy atom. The van der Waals surface area contributed by atoms with Crippen LogP contribution in [0.3, 0.4) is 0 Å². The van der Waals surface area contributed by atoms with Crippen molar-refractivity contribution >= 4 is 21.7 Å². The highest BCUT2D eigenvalue weighted by Gasteiger charge is 2.06. The minimum atomic E-state index is -0.0966. The maximum Gasteiger partial charge on any atom is 0.220 e. The third kappa shape index (κ3) is 2.34. The van der Waals surface area contributed by atoms with Crippen LogP contribution in [0.2, 0.25) is 0 Å². The average Bonchev–Trinajstić information content (AvgIpc) is 2.34.